The van der Waals surface area contributed by atoms with Crippen LogP contribution in [-0.4, -0.2) is 50.7 Å². The second-order valence-electron chi connectivity index (χ2n) is 7.59. The molecule has 1 aromatic heterocycles. The average Bonchev–Trinajstić information content (AvgIpc) is 2.91. The Balaban J connectivity index is 1.46. The van der Waals surface area contributed by atoms with Gasteiger partial charge >= 0.3 is 0 Å². The Hall–Kier alpha value is -4.04. The van der Waals surface area contributed by atoms with Gasteiger partial charge in [0, 0.05) is 5.56 Å². The molecule has 0 atom stereocenters. The third-order valence-corrected chi connectivity index (χ3v) is 5.53. The molecule has 0 fully saturated rings. The first-order valence-corrected chi connectivity index (χ1v) is 11.2. The second kappa shape index (κ2) is 11.4. The number of benzene rings is 3. The largest absolute Gasteiger partial charge is 0.497 e. The third kappa shape index (κ3) is 5.38. The van der Waals surface area contributed by atoms with Gasteiger partial charge in [0.2, 0.25) is 5.75 Å². The highest BCUT2D eigenvalue weighted by atomic mass is 16.6. The van der Waals surface area contributed by atoms with E-state index in [0.717, 1.165) is 11.3 Å². The normalized spacial score (nSPS) is 10.8. The predicted molar refractivity (Wildman–Crippen MR) is 134 cm³/mol. The fourth-order valence-electron chi connectivity index (χ4n) is 3.76. The van der Waals surface area contributed by atoms with Gasteiger partial charge in [-0.25, -0.2) is 4.98 Å². The maximum Gasteiger partial charge on any atom is 0.261 e. The SMILES string of the molecule is COc1ccc(-c2nc3ccccc3c(=O)n2CCOCCOc2c(OC)cccc2OC)cc1. The van der Waals surface area contributed by atoms with Gasteiger partial charge in [0.1, 0.15) is 18.2 Å². The Kier molecular flexibility index (Phi) is 7.84. The number of ether oxygens (including phenoxy) is 5. The number of para-hydroxylation sites is 2. The molecule has 3 aromatic carbocycles. The zero-order valence-corrected chi connectivity index (χ0v) is 20.0. The molecular formula is C27H28N2O6. The molecule has 0 amide bonds. The van der Waals surface area contributed by atoms with E-state index in [2.05, 4.69) is 0 Å². The summed E-state index contributed by atoms with van der Waals surface area (Å²) in [7, 11) is 4.77. The molecule has 0 aliphatic rings. The van der Waals surface area contributed by atoms with Crippen molar-refractivity contribution in [2.75, 3.05) is 41.2 Å². The van der Waals surface area contributed by atoms with Gasteiger partial charge in [0.05, 0.1) is 52.0 Å². The van der Waals surface area contributed by atoms with E-state index in [9.17, 15) is 4.79 Å². The van der Waals surface area contributed by atoms with Gasteiger partial charge in [-0.05, 0) is 48.5 Å². The van der Waals surface area contributed by atoms with Crippen LogP contribution in [0.4, 0.5) is 0 Å². The van der Waals surface area contributed by atoms with Crippen molar-refractivity contribution in [3.63, 3.8) is 0 Å². The van der Waals surface area contributed by atoms with Crippen LogP contribution in [0.5, 0.6) is 23.0 Å². The van der Waals surface area contributed by atoms with Gasteiger partial charge in [0.15, 0.2) is 11.5 Å². The first-order valence-electron chi connectivity index (χ1n) is 11.2. The van der Waals surface area contributed by atoms with E-state index >= 15 is 0 Å². The monoisotopic (exact) mass is 476 g/mol. The minimum absolute atomic E-state index is 0.111. The van der Waals surface area contributed by atoms with Gasteiger partial charge < -0.3 is 23.7 Å². The number of methoxy groups -OCH3 is 3. The quantitative estimate of drug-likeness (QED) is 0.300. The number of hydrogen-bond acceptors (Lipinski definition) is 7. The highest BCUT2D eigenvalue weighted by molar-refractivity contribution is 5.79. The molecule has 4 rings (SSSR count). The van der Waals surface area contributed by atoms with Crippen LogP contribution in [-0.2, 0) is 11.3 Å². The van der Waals surface area contributed by atoms with Gasteiger partial charge in [-0.3, -0.25) is 9.36 Å². The lowest BCUT2D eigenvalue weighted by molar-refractivity contribution is 0.0920. The van der Waals surface area contributed by atoms with Crippen molar-refractivity contribution >= 4 is 10.9 Å². The Morgan fingerprint density at radius 3 is 2.17 bits per heavy atom. The maximum absolute atomic E-state index is 13.3. The van der Waals surface area contributed by atoms with E-state index in [1.54, 1.807) is 44.1 Å². The van der Waals surface area contributed by atoms with E-state index < -0.39 is 0 Å². The summed E-state index contributed by atoms with van der Waals surface area (Å²) in [5, 5.41) is 0.566. The summed E-state index contributed by atoms with van der Waals surface area (Å²) in [5.74, 6) is 3.01. The summed E-state index contributed by atoms with van der Waals surface area (Å²) >= 11 is 0. The molecule has 0 aliphatic carbocycles. The van der Waals surface area contributed by atoms with E-state index in [1.165, 1.54) is 0 Å². The average molecular weight is 477 g/mol. The van der Waals surface area contributed by atoms with Crippen LogP contribution in [0.3, 0.4) is 0 Å². The lowest BCUT2D eigenvalue weighted by Gasteiger charge is -2.15. The molecule has 0 saturated heterocycles. The van der Waals surface area contributed by atoms with Crippen molar-refractivity contribution in [3.05, 3.63) is 77.1 Å². The molecule has 35 heavy (non-hydrogen) atoms. The number of hydrogen-bond donors (Lipinski definition) is 0. The minimum Gasteiger partial charge on any atom is -0.497 e. The van der Waals surface area contributed by atoms with Gasteiger partial charge in [-0.2, -0.15) is 0 Å². The van der Waals surface area contributed by atoms with Crippen LogP contribution in [0, 0.1) is 0 Å². The van der Waals surface area contributed by atoms with Gasteiger partial charge in [0.25, 0.3) is 5.56 Å². The summed E-state index contributed by atoms with van der Waals surface area (Å²) in [5.41, 5.74) is 1.36. The number of aromatic nitrogens is 2. The number of rotatable bonds is 11. The molecule has 0 unspecified atom stereocenters. The predicted octanol–water partition coefficient (Wildman–Crippen LogP) is 4.18. The van der Waals surface area contributed by atoms with E-state index in [0.29, 0.717) is 60.3 Å². The molecular weight excluding hydrogens is 448 g/mol. The van der Waals surface area contributed by atoms with Crippen molar-refractivity contribution in [2.45, 2.75) is 6.54 Å². The zero-order chi connectivity index (χ0) is 24.6. The molecule has 8 nitrogen and oxygen atoms in total. The molecule has 0 N–H and O–H groups in total. The summed E-state index contributed by atoms with van der Waals surface area (Å²) in [6.45, 7) is 1.29. The molecule has 4 aromatic rings. The molecule has 182 valence electrons. The van der Waals surface area contributed by atoms with Crippen molar-refractivity contribution in [1.82, 2.24) is 9.55 Å². The molecule has 0 radical (unpaired) electrons. The zero-order valence-electron chi connectivity index (χ0n) is 20.0. The summed E-state index contributed by atoms with van der Waals surface area (Å²) < 4.78 is 29.2. The highest BCUT2D eigenvalue weighted by Crippen LogP contribution is 2.36. The smallest absolute Gasteiger partial charge is 0.261 e. The summed E-state index contributed by atoms with van der Waals surface area (Å²) in [4.78, 5) is 18.1. The van der Waals surface area contributed by atoms with Crippen molar-refractivity contribution in [2.24, 2.45) is 0 Å². The second-order valence-corrected chi connectivity index (χ2v) is 7.59. The van der Waals surface area contributed by atoms with Crippen molar-refractivity contribution in [3.8, 4) is 34.4 Å². The van der Waals surface area contributed by atoms with Gasteiger partial charge in [-0.15, -0.1) is 0 Å². The fraction of sp³-hybridized carbons (Fsp3) is 0.259. The van der Waals surface area contributed by atoms with Crippen LogP contribution in [0.2, 0.25) is 0 Å². The number of nitrogens with zero attached hydrogens (tertiary/aromatic N) is 2. The molecule has 0 bridgehead atoms. The third-order valence-electron chi connectivity index (χ3n) is 5.53. The molecule has 0 spiro atoms. The lowest BCUT2D eigenvalue weighted by atomic mass is 10.1. The van der Waals surface area contributed by atoms with Crippen LogP contribution in [0.1, 0.15) is 0 Å². The van der Waals surface area contributed by atoms with Crippen molar-refractivity contribution < 1.29 is 23.7 Å². The Morgan fingerprint density at radius 1 is 0.771 bits per heavy atom. The summed E-state index contributed by atoms with van der Waals surface area (Å²) in [6, 6.07) is 20.3. The topological polar surface area (TPSA) is 81.0 Å². The standard InChI is InChI=1S/C27H28N2O6/c1-31-20-13-11-19(12-14-20)26-28-22-8-5-4-7-21(22)27(30)29(26)15-16-34-17-18-35-25-23(32-2)9-6-10-24(25)33-3/h4-14H,15-18H2,1-3H3. The lowest BCUT2D eigenvalue weighted by Crippen LogP contribution is -2.26. The number of fused-ring (bicyclic) bond motifs is 1. The molecule has 1 heterocycles. The first kappa shape index (κ1) is 24.1. The molecule has 8 heteroatoms. The highest BCUT2D eigenvalue weighted by Gasteiger charge is 2.14. The van der Waals surface area contributed by atoms with Crippen LogP contribution < -0.4 is 24.5 Å². The van der Waals surface area contributed by atoms with Crippen LogP contribution in [0.15, 0.2) is 71.5 Å². The maximum atomic E-state index is 13.3. The summed E-state index contributed by atoms with van der Waals surface area (Å²) in [6.07, 6.45) is 0. The van der Waals surface area contributed by atoms with Gasteiger partial charge in [-0.1, -0.05) is 18.2 Å². The van der Waals surface area contributed by atoms with Crippen LogP contribution in [0.25, 0.3) is 22.3 Å². The van der Waals surface area contributed by atoms with E-state index in [4.69, 9.17) is 28.7 Å². The first-order chi connectivity index (χ1) is 17.2. The Morgan fingerprint density at radius 2 is 1.49 bits per heavy atom. The minimum atomic E-state index is -0.111. The Bertz CT molecular complexity index is 1310. The van der Waals surface area contributed by atoms with Crippen molar-refractivity contribution in [1.29, 1.82) is 0 Å². The Labute approximate surface area is 203 Å². The molecule has 0 aliphatic heterocycles. The van der Waals surface area contributed by atoms with E-state index in [-0.39, 0.29) is 5.56 Å². The molecule has 0 saturated carbocycles. The van der Waals surface area contributed by atoms with Crippen LogP contribution >= 0.6 is 0 Å². The van der Waals surface area contributed by atoms with E-state index in [1.807, 2.05) is 48.5 Å². The fourth-order valence-corrected chi connectivity index (χ4v) is 3.76.